The van der Waals surface area contributed by atoms with Gasteiger partial charge in [0, 0.05) is 18.6 Å². The van der Waals surface area contributed by atoms with Gasteiger partial charge in [-0.05, 0) is 43.0 Å². The molecule has 1 fully saturated rings. The number of hydrogen-bond acceptors (Lipinski definition) is 2. The number of carboxylic acids is 1. The van der Waals surface area contributed by atoms with Crippen LogP contribution in [0.5, 0.6) is 0 Å². The number of fused-ring (bicyclic) bond motifs is 1. The lowest BCUT2D eigenvalue weighted by atomic mass is 10.0. The Morgan fingerprint density at radius 2 is 1.86 bits per heavy atom. The second-order valence-electron chi connectivity index (χ2n) is 6.34. The molecule has 21 heavy (non-hydrogen) atoms. The first-order valence-corrected chi connectivity index (χ1v) is 7.39. The average Bonchev–Trinajstić information content (AvgIpc) is 3.03. The molecule has 1 heterocycles. The first-order chi connectivity index (χ1) is 9.97. The number of aromatic carboxylic acids is 1. The summed E-state index contributed by atoms with van der Waals surface area (Å²) in [6, 6.07) is 5.03. The number of carbonyl (C=O) groups is 2. The molecule has 3 rings (SSSR count). The summed E-state index contributed by atoms with van der Waals surface area (Å²) in [5, 5.41) is 12.2. The van der Waals surface area contributed by atoms with E-state index >= 15 is 0 Å². The Balaban J connectivity index is 1.69. The molecule has 1 aliphatic carbocycles. The molecular formula is C16H20N2O3. The van der Waals surface area contributed by atoms with Gasteiger partial charge in [0.2, 0.25) is 0 Å². The molecule has 0 radical (unpaired) electrons. The lowest BCUT2D eigenvalue weighted by molar-refractivity contribution is 0.0696. The Kier molecular flexibility index (Phi) is 3.35. The highest BCUT2D eigenvalue weighted by molar-refractivity contribution is 5.88. The highest BCUT2D eigenvalue weighted by Gasteiger charge is 2.33. The van der Waals surface area contributed by atoms with E-state index in [0.717, 1.165) is 24.0 Å². The Labute approximate surface area is 123 Å². The van der Waals surface area contributed by atoms with Crippen molar-refractivity contribution in [2.75, 3.05) is 0 Å². The van der Waals surface area contributed by atoms with Crippen LogP contribution in [0.15, 0.2) is 18.2 Å². The molecule has 0 unspecified atom stereocenters. The van der Waals surface area contributed by atoms with Crippen molar-refractivity contribution < 1.29 is 14.7 Å². The second-order valence-corrected chi connectivity index (χ2v) is 6.34. The standard InChI is InChI=1S/C16H20N2O3/c1-16(6-2-3-7-16)17-15(21)18-9-12-5-4-11(14(19)20)8-13(12)10-18/h4-5,8H,2-3,6-7,9-10H2,1H3,(H,17,21)(H,19,20). The van der Waals surface area contributed by atoms with Gasteiger partial charge in [-0.3, -0.25) is 0 Å². The van der Waals surface area contributed by atoms with Crippen molar-refractivity contribution in [1.29, 1.82) is 0 Å². The van der Waals surface area contributed by atoms with Gasteiger partial charge < -0.3 is 15.3 Å². The maximum Gasteiger partial charge on any atom is 0.335 e. The summed E-state index contributed by atoms with van der Waals surface area (Å²) in [6.45, 7) is 3.14. The zero-order valence-corrected chi connectivity index (χ0v) is 12.2. The maximum absolute atomic E-state index is 12.4. The van der Waals surface area contributed by atoms with Crippen molar-refractivity contribution in [2.45, 2.75) is 51.2 Å². The fourth-order valence-electron chi connectivity index (χ4n) is 3.29. The zero-order valence-electron chi connectivity index (χ0n) is 12.2. The molecule has 1 aromatic rings. The average molecular weight is 288 g/mol. The molecule has 1 saturated carbocycles. The molecule has 0 bridgehead atoms. The van der Waals surface area contributed by atoms with Gasteiger partial charge in [0.05, 0.1) is 5.56 Å². The minimum absolute atomic E-state index is 0.0486. The number of nitrogens with one attached hydrogen (secondary N) is 1. The number of benzene rings is 1. The topological polar surface area (TPSA) is 69.6 Å². The van der Waals surface area contributed by atoms with Crippen molar-refractivity contribution in [3.63, 3.8) is 0 Å². The molecule has 5 heteroatoms. The fraction of sp³-hybridized carbons (Fsp3) is 0.500. The summed E-state index contributed by atoms with van der Waals surface area (Å²) in [7, 11) is 0. The van der Waals surface area contributed by atoms with Gasteiger partial charge in [-0.1, -0.05) is 18.9 Å². The Bertz CT molecular complexity index is 591. The summed E-state index contributed by atoms with van der Waals surface area (Å²) in [6.07, 6.45) is 4.39. The summed E-state index contributed by atoms with van der Waals surface area (Å²) in [5.74, 6) is -0.931. The second kappa shape index (κ2) is 5.06. The third-order valence-corrected chi connectivity index (χ3v) is 4.58. The van der Waals surface area contributed by atoms with E-state index in [1.807, 2.05) is 6.07 Å². The van der Waals surface area contributed by atoms with Crippen molar-refractivity contribution >= 4 is 12.0 Å². The molecule has 1 aliphatic heterocycles. The van der Waals surface area contributed by atoms with E-state index in [1.165, 1.54) is 12.8 Å². The van der Waals surface area contributed by atoms with Crippen LogP contribution in [-0.2, 0) is 13.1 Å². The number of carbonyl (C=O) groups excluding carboxylic acids is 1. The van der Waals surface area contributed by atoms with Crippen LogP contribution in [0.2, 0.25) is 0 Å². The molecule has 2 N–H and O–H groups in total. The summed E-state index contributed by atoms with van der Waals surface area (Å²) in [5.41, 5.74) is 2.16. The predicted octanol–water partition coefficient (Wildman–Crippen LogP) is 2.74. The van der Waals surface area contributed by atoms with Crippen LogP contribution in [0.25, 0.3) is 0 Å². The van der Waals surface area contributed by atoms with Crippen molar-refractivity contribution in [3.8, 4) is 0 Å². The van der Waals surface area contributed by atoms with Gasteiger partial charge in [-0.25, -0.2) is 9.59 Å². The molecule has 0 atom stereocenters. The summed E-state index contributed by atoms with van der Waals surface area (Å²) >= 11 is 0. The van der Waals surface area contributed by atoms with Gasteiger partial charge in [-0.15, -0.1) is 0 Å². The monoisotopic (exact) mass is 288 g/mol. The highest BCUT2D eigenvalue weighted by Crippen LogP contribution is 2.30. The smallest absolute Gasteiger partial charge is 0.335 e. The number of hydrogen-bond donors (Lipinski definition) is 2. The van der Waals surface area contributed by atoms with Gasteiger partial charge in [-0.2, -0.15) is 0 Å². The van der Waals surface area contributed by atoms with E-state index in [9.17, 15) is 9.59 Å². The van der Waals surface area contributed by atoms with Gasteiger partial charge in [0.25, 0.3) is 0 Å². The molecule has 0 saturated heterocycles. The minimum atomic E-state index is -0.931. The number of rotatable bonds is 2. The van der Waals surface area contributed by atoms with Crippen LogP contribution in [0.3, 0.4) is 0 Å². The SMILES string of the molecule is CC1(NC(=O)N2Cc3ccc(C(=O)O)cc3C2)CCCC1. The normalized spacial score (nSPS) is 19.4. The van der Waals surface area contributed by atoms with Crippen molar-refractivity contribution in [3.05, 3.63) is 34.9 Å². The van der Waals surface area contributed by atoms with E-state index in [-0.39, 0.29) is 17.1 Å². The molecule has 0 spiro atoms. The van der Waals surface area contributed by atoms with E-state index in [0.29, 0.717) is 13.1 Å². The lowest BCUT2D eigenvalue weighted by Crippen LogP contribution is -2.48. The van der Waals surface area contributed by atoms with E-state index in [4.69, 9.17) is 5.11 Å². The molecule has 2 aliphatic rings. The van der Waals surface area contributed by atoms with E-state index in [1.54, 1.807) is 17.0 Å². The van der Waals surface area contributed by atoms with Crippen LogP contribution in [0, 0.1) is 0 Å². The number of carboxylic acid groups (broad SMARTS) is 1. The van der Waals surface area contributed by atoms with Crippen LogP contribution < -0.4 is 5.32 Å². The first kappa shape index (κ1) is 13.9. The predicted molar refractivity (Wildman–Crippen MR) is 78.1 cm³/mol. The Morgan fingerprint density at radius 3 is 2.52 bits per heavy atom. The fourth-order valence-corrected chi connectivity index (χ4v) is 3.29. The molecule has 2 amide bonds. The minimum Gasteiger partial charge on any atom is -0.478 e. The van der Waals surface area contributed by atoms with Gasteiger partial charge in [0.15, 0.2) is 0 Å². The van der Waals surface area contributed by atoms with Crippen LogP contribution >= 0.6 is 0 Å². The number of amides is 2. The van der Waals surface area contributed by atoms with Crippen LogP contribution in [0.4, 0.5) is 4.79 Å². The quantitative estimate of drug-likeness (QED) is 0.879. The van der Waals surface area contributed by atoms with Crippen LogP contribution in [-0.4, -0.2) is 27.5 Å². The zero-order chi connectivity index (χ0) is 15.0. The Morgan fingerprint density at radius 1 is 1.19 bits per heavy atom. The van der Waals surface area contributed by atoms with Gasteiger partial charge in [0.1, 0.15) is 0 Å². The van der Waals surface area contributed by atoms with Crippen molar-refractivity contribution in [2.24, 2.45) is 0 Å². The summed E-state index contributed by atoms with van der Waals surface area (Å²) in [4.78, 5) is 25.1. The highest BCUT2D eigenvalue weighted by atomic mass is 16.4. The molecule has 5 nitrogen and oxygen atoms in total. The van der Waals surface area contributed by atoms with E-state index in [2.05, 4.69) is 12.2 Å². The number of nitrogens with zero attached hydrogens (tertiary/aromatic N) is 1. The molecule has 112 valence electrons. The Hall–Kier alpha value is -2.04. The maximum atomic E-state index is 12.4. The third-order valence-electron chi connectivity index (χ3n) is 4.58. The molecule has 1 aromatic carbocycles. The van der Waals surface area contributed by atoms with Gasteiger partial charge >= 0.3 is 12.0 Å². The first-order valence-electron chi connectivity index (χ1n) is 7.39. The number of urea groups is 1. The van der Waals surface area contributed by atoms with Crippen LogP contribution in [0.1, 0.15) is 54.1 Å². The molecular weight excluding hydrogens is 268 g/mol. The largest absolute Gasteiger partial charge is 0.478 e. The summed E-state index contributed by atoms with van der Waals surface area (Å²) < 4.78 is 0. The third kappa shape index (κ3) is 2.73. The lowest BCUT2D eigenvalue weighted by Gasteiger charge is -2.28. The van der Waals surface area contributed by atoms with E-state index < -0.39 is 5.97 Å². The van der Waals surface area contributed by atoms with Crippen molar-refractivity contribution in [1.82, 2.24) is 10.2 Å². The molecule has 0 aromatic heterocycles.